The Balaban J connectivity index is 2.06. The first-order chi connectivity index (χ1) is 7.22. The molecule has 1 heterocycles. The van der Waals surface area contributed by atoms with Crippen LogP contribution in [0.5, 0.6) is 0 Å². The maximum Gasteiger partial charge on any atom is 0.294 e. The SMILES string of the molecule is CCCN1CCN(CCO[N+](=O)[O-])CC1. The zero-order valence-electron chi connectivity index (χ0n) is 9.22. The van der Waals surface area contributed by atoms with Gasteiger partial charge in [0.05, 0.1) is 0 Å². The van der Waals surface area contributed by atoms with Crippen LogP contribution in [-0.2, 0) is 4.84 Å². The van der Waals surface area contributed by atoms with Crippen LogP contribution in [0.25, 0.3) is 0 Å². The molecule has 0 N–H and O–H groups in total. The van der Waals surface area contributed by atoms with E-state index in [0.29, 0.717) is 6.54 Å². The Kier molecular flexibility index (Phi) is 5.34. The van der Waals surface area contributed by atoms with Crippen molar-refractivity contribution in [3.63, 3.8) is 0 Å². The quantitative estimate of drug-likeness (QED) is 0.470. The summed E-state index contributed by atoms with van der Waals surface area (Å²) in [7, 11) is 0. The summed E-state index contributed by atoms with van der Waals surface area (Å²) in [5.41, 5.74) is 0. The number of piperazine rings is 1. The van der Waals surface area contributed by atoms with Crippen LogP contribution in [0.4, 0.5) is 0 Å². The molecule has 1 aliphatic rings. The summed E-state index contributed by atoms with van der Waals surface area (Å²) >= 11 is 0. The van der Waals surface area contributed by atoms with E-state index in [2.05, 4.69) is 21.6 Å². The Morgan fingerprint density at radius 1 is 1.20 bits per heavy atom. The summed E-state index contributed by atoms with van der Waals surface area (Å²) in [6, 6.07) is 0. The van der Waals surface area contributed by atoms with Crippen LogP contribution in [-0.4, -0.2) is 60.8 Å². The molecule has 0 atom stereocenters. The van der Waals surface area contributed by atoms with Gasteiger partial charge in [-0.2, -0.15) is 0 Å². The molecule has 0 aromatic carbocycles. The van der Waals surface area contributed by atoms with Gasteiger partial charge in [0.15, 0.2) is 0 Å². The Morgan fingerprint density at radius 2 is 1.73 bits per heavy atom. The zero-order chi connectivity index (χ0) is 11.1. The van der Waals surface area contributed by atoms with Crippen molar-refractivity contribution in [2.75, 3.05) is 45.9 Å². The van der Waals surface area contributed by atoms with E-state index < -0.39 is 5.09 Å². The van der Waals surface area contributed by atoms with E-state index in [0.717, 1.165) is 32.7 Å². The van der Waals surface area contributed by atoms with Gasteiger partial charge < -0.3 is 9.74 Å². The minimum atomic E-state index is -0.729. The van der Waals surface area contributed by atoms with Gasteiger partial charge in [-0.15, -0.1) is 10.1 Å². The normalized spacial score (nSPS) is 19.0. The summed E-state index contributed by atoms with van der Waals surface area (Å²) < 4.78 is 0. The molecule has 0 amide bonds. The second kappa shape index (κ2) is 6.58. The Labute approximate surface area is 89.9 Å². The molecule has 1 saturated heterocycles. The number of rotatable bonds is 6. The van der Waals surface area contributed by atoms with Crippen molar-refractivity contribution in [1.82, 2.24) is 9.80 Å². The summed E-state index contributed by atoms with van der Waals surface area (Å²) in [5.74, 6) is 0. The molecule has 0 saturated carbocycles. The first-order valence-corrected chi connectivity index (χ1v) is 5.44. The first-order valence-electron chi connectivity index (χ1n) is 5.44. The van der Waals surface area contributed by atoms with Crippen LogP contribution in [0.3, 0.4) is 0 Å². The summed E-state index contributed by atoms with van der Waals surface area (Å²) in [6.07, 6.45) is 1.18. The molecule has 0 radical (unpaired) electrons. The monoisotopic (exact) mass is 217 g/mol. The van der Waals surface area contributed by atoms with Crippen LogP contribution >= 0.6 is 0 Å². The van der Waals surface area contributed by atoms with Crippen LogP contribution < -0.4 is 0 Å². The number of hydrogen-bond donors (Lipinski definition) is 0. The fourth-order valence-electron chi connectivity index (χ4n) is 1.80. The van der Waals surface area contributed by atoms with Gasteiger partial charge in [0.1, 0.15) is 6.61 Å². The molecule has 1 rings (SSSR count). The lowest BCUT2D eigenvalue weighted by Gasteiger charge is -2.34. The van der Waals surface area contributed by atoms with E-state index >= 15 is 0 Å². The number of hydrogen-bond acceptors (Lipinski definition) is 5. The van der Waals surface area contributed by atoms with E-state index in [4.69, 9.17) is 0 Å². The second-order valence-electron chi connectivity index (χ2n) is 3.74. The smallest absolute Gasteiger partial charge is 0.294 e. The van der Waals surface area contributed by atoms with Crippen LogP contribution in [0.1, 0.15) is 13.3 Å². The topological polar surface area (TPSA) is 58.8 Å². The predicted molar refractivity (Wildman–Crippen MR) is 56.1 cm³/mol. The third kappa shape index (κ3) is 4.94. The van der Waals surface area contributed by atoms with Gasteiger partial charge in [0.2, 0.25) is 0 Å². The Morgan fingerprint density at radius 3 is 2.20 bits per heavy atom. The van der Waals surface area contributed by atoms with E-state index in [-0.39, 0.29) is 6.61 Å². The van der Waals surface area contributed by atoms with Gasteiger partial charge in [-0.1, -0.05) is 6.92 Å². The van der Waals surface area contributed by atoms with Gasteiger partial charge in [0, 0.05) is 32.7 Å². The van der Waals surface area contributed by atoms with Gasteiger partial charge >= 0.3 is 0 Å². The highest BCUT2D eigenvalue weighted by molar-refractivity contribution is 4.70. The molecule has 6 nitrogen and oxygen atoms in total. The van der Waals surface area contributed by atoms with Gasteiger partial charge in [0.25, 0.3) is 5.09 Å². The molecular formula is C9H19N3O3. The molecule has 1 aliphatic heterocycles. The second-order valence-corrected chi connectivity index (χ2v) is 3.74. The Hall–Kier alpha value is -0.880. The van der Waals surface area contributed by atoms with Crippen LogP contribution in [0.15, 0.2) is 0 Å². The fourth-order valence-corrected chi connectivity index (χ4v) is 1.80. The van der Waals surface area contributed by atoms with Crippen LogP contribution in [0, 0.1) is 10.1 Å². The highest BCUT2D eigenvalue weighted by Gasteiger charge is 2.15. The molecule has 0 aromatic rings. The minimum Gasteiger partial charge on any atom is -0.313 e. The first kappa shape index (κ1) is 12.2. The summed E-state index contributed by atoms with van der Waals surface area (Å²) in [6.45, 7) is 8.26. The van der Waals surface area contributed by atoms with Gasteiger partial charge in [-0.25, -0.2) is 0 Å². The standard InChI is InChI=1S/C9H19N3O3/c1-2-3-10-4-6-11(7-5-10)8-9-15-12(13)14/h2-9H2,1H3. The lowest BCUT2D eigenvalue weighted by Crippen LogP contribution is -2.47. The highest BCUT2D eigenvalue weighted by atomic mass is 16.9. The molecule has 0 bridgehead atoms. The van der Waals surface area contributed by atoms with E-state index in [1.165, 1.54) is 6.42 Å². The zero-order valence-corrected chi connectivity index (χ0v) is 9.22. The van der Waals surface area contributed by atoms with Crippen LogP contribution in [0.2, 0.25) is 0 Å². The maximum atomic E-state index is 9.93. The van der Waals surface area contributed by atoms with E-state index in [9.17, 15) is 10.1 Å². The van der Waals surface area contributed by atoms with Crippen molar-refractivity contribution in [3.8, 4) is 0 Å². The molecule has 0 aliphatic carbocycles. The summed E-state index contributed by atoms with van der Waals surface area (Å²) in [5, 5.41) is 9.21. The molecule has 1 fully saturated rings. The molecular weight excluding hydrogens is 198 g/mol. The van der Waals surface area contributed by atoms with Crippen molar-refractivity contribution in [1.29, 1.82) is 0 Å². The minimum absolute atomic E-state index is 0.181. The highest BCUT2D eigenvalue weighted by Crippen LogP contribution is 2.01. The third-order valence-electron chi connectivity index (χ3n) is 2.61. The van der Waals surface area contributed by atoms with Crippen molar-refractivity contribution >= 4 is 0 Å². The Bertz CT molecular complexity index is 193. The van der Waals surface area contributed by atoms with E-state index in [1.54, 1.807) is 0 Å². The van der Waals surface area contributed by atoms with Gasteiger partial charge in [-0.3, -0.25) is 4.90 Å². The fraction of sp³-hybridized carbons (Fsp3) is 1.00. The molecule has 0 unspecified atom stereocenters. The predicted octanol–water partition coefficient (Wildman–Crippen LogP) is 0.222. The van der Waals surface area contributed by atoms with Crippen molar-refractivity contribution in [3.05, 3.63) is 10.1 Å². The molecule has 6 heteroatoms. The lowest BCUT2D eigenvalue weighted by atomic mass is 10.3. The third-order valence-corrected chi connectivity index (χ3v) is 2.61. The number of nitrogens with zero attached hydrogens (tertiary/aromatic N) is 3. The largest absolute Gasteiger partial charge is 0.313 e. The molecule has 0 spiro atoms. The molecule has 0 aromatic heterocycles. The molecule has 88 valence electrons. The van der Waals surface area contributed by atoms with E-state index in [1.807, 2.05) is 0 Å². The van der Waals surface area contributed by atoms with Crippen molar-refractivity contribution in [2.45, 2.75) is 13.3 Å². The lowest BCUT2D eigenvalue weighted by molar-refractivity contribution is -0.757. The average molecular weight is 217 g/mol. The maximum absolute atomic E-state index is 9.93. The summed E-state index contributed by atoms with van der Waals surface area (Å²) in [4.78, 5) is 18.8. The van der Waals surface area contributed by atoms with Crippen molar-refractivity contribution < 1.29 is 9.92 Å². The average Bonchev–Trinajstić information content (AvgIpc) is 2.20. The van der Waals surface area contributed by atoms with Gasteiger partial charge in [-0.05, 0) is 13.0 Å². The van der Waals surface area contributed by atoms with Crippen molar-refractivity contribution in [2.24, 2.45) is 0 Å². The molecule has 15 heavy (non-hydrogen) atoms.